The van der Waals surface area contributed by atoms with Gasteiger partial charge in [0.1, 0.15) is 0 Å². The molecule has 2 aliphatic carbocycles. The first-order valence-corrected chi connectivity index (χ1v) is 12.1. The molecule has 2 aromatic carbocycles. The SMILES string of the molecule is NC(NC(=O)C(O)(c1ccccc1)C1CCCCC1)C12CC1CN(Cc1ccccc1)C2. The Morgan fingerprint density at radius 2 is 1.75 bits per heavy atom. The second kappa shape index (κ2) is 8.62. The van der Waals surface area contributed by atoms with Gasteiger partial charge in [0.15, 0.2) is 5.60 Å². The maximum Gasteiger partial charge on any atom is 0.258 e. The van der Waals surface area contributed by atoms with Gasteiger partial charge in [-0.3, -0.25) is 9.69 Å². The summed E-state index contributed by atoms with van der Waals surface area (Å²) in [7, 11) is 0. The first-order chi connectivity index (χ1) is 15.5. The number of amides is 1. The number of hydrogen-bond donors (Lipinski definition) is 3. The van der Waals surface area contributed by atoms with Gasteiger partial charge in [-0.05, 0) is 36.3 Å². The molecule has 2 saturated carbocycles. The quantitative estimate of drug-likeness (QED) is 0.585. The molecule has 2 aromatic rings. The van der Waals surface area contributed by atoms with E-state index in [1.54, 1.807) is 0 Å². The zero-order valence-electron chi connectivity index (χ0n) is 18.7. The molecule has 5 heteroatoms. The number of piperidine rings is 1. The van der Waals surface area contributed by atoms with E-state index < -0.39 is 11.8 Å². The van der Waals surface area contributed by atoms with Gasteiger partial charge in [-0.15, -0.1) is 0 Å². The highest BCUT2D eigenvalue weighted by atomic mass is 16.3. The molecule has 4 N–H and O–H groups in total. The topological polar surface area (TPSA) is 78.6 Å². The predicted octanol–water partition coefficient (Wildman–Crippen LogP) is 3.38. The first-order valence-electron chi connectivity index (χ1n) is 12.1. The van der Waals surface area contributed by atoms with Gasteiger partial charge in [0.05, 0.1) is 6.17 Å². The van der Waals surface area contributed by atoms with Crippen molar-refractivity contribution in [2.45, 2.75) is 56.8 Å². The Balaban J connectivity index is 1.30. The van der Waals surface area contributed by atoms with Gasteiger partial charge in [-0.25, -0.2) is 0 Å². The van der Waals surface area contributed by atoms with Crippen LogP contribution in [0.3, 0.4) is 0 Å². The number of nitrogens with two attached hydrogens (primary N) is 1. The molecule has 32 heavy (non-hydrogen) atoms. The van der Waals surface area contributed by atoms with Crippen LogP contribution < -0.4 is 11.1 Å². The summed E-state index contributed by atoms with van der Waals surface area (Å²) in [6, 6.07) is 19.9. The zero-order chi connectivity index (χ0) is 22.2. The van der Waals surface area contributed by atoms with Gasteiger partial charge in [-0.2, -0.15) is 0 Å². The lowest BCUT2D eigenvalue weighted by atomic mass is 9.72. The van der Waals surface area contributed by atoms with E-state index in [1.165, 1.54) is 12.0 Å². The second-order valence-electron chi connectivity index (χ2n) is 10.2. The van der Waals surface area contributed by atoms with E-state index in [1.807, 2.05) is 36.4 Å². The van der Waals surface area contributed by atoms with Crippen molar-refractivity contribution in [3.63, 3.8) is 0 Å². The Kier molecular flexibility index (Phi) is 5.82. The Morgan fingerprint density at radius 1 is 1.09 bits per heavy atom. The normalized spacial score (nSPS) is 28.5. The van der Waals surface area contributed by atoms with Crippen molar-refractivity contribution in [3.8, 4) is 0 Å². The van der Waals surface area contributed by atoms with Crippen molar-refractivity contribution in [3.05, 3.63) is 71.8 Å². The molecular formula is C27H35N3O2. The van der Waals surface area contributed by atoms with Crippen LogP contribution in [0.1, 0.15) is 49.7 Å². The Bertz CT molecular complexity index is 930. The summed E-state index contributed by atoms with van der Waals surface area (Å²) in [5.41, 5.74) is 7.03. The Hall–Kier alpha value is -2.21. The lowest BCUT2D eigenvalue weighted by Gasteiger charge is -2.39. The van der Waals surface area contributed by atoms with Gasteiger partial charge < -0.3 is 16.2 Å². The minimum absolute atomic E-state index is 0.0727. The third-order valence-corrected chi connectivity index (χ3v) is 8.19. The van der Waals surface area contributed by atoms with Crippen molar-refractivity contribution in [1.29, 1.82) is 0 Å². The van der Waals surface area contributed by atoms with Crippen LogP contribution >= 0.6 is 0 Å². The summed E-state index contributed by atoms with van der Waals surface area (Å²) in [5.74, 6) is 0.113. The predicted molar refractivity (Wildman–Crippen MR) is 125 cm³/mol. The van der Waals surface area contributed by atoms with Crippen LogP contribution in [0, 0.1) is 17.3 Å². The number of fused-ring (bicyclic) bond motifs is 1. The fourth-order valence-electron chi connectivity index (χ4n) is 6.23. The van der Waals surface area contributed by atoms with Crippen molar-refractivity contribution in [1.82, 2.24) is 10.2 Å². The van der Waals surface area contributed by atoms with Crippen molar-refractivity contribution < 1.29 is 9.90 Å². The molecule has 0 aromatic heterocycles. The molecule has 170 valence electrons. The van der Waals surface area contributed by atoms with Crippen molar-refractivity contribution in [2.24, 2.45) is 23.0 Å². The van der Waals surface area contributed by atoms with Crippen LogP contribution in [0.2, 0.25) is 0 Å². The molecule has 1 amide bonds. The third kappa shape index (κ3) is 3.87. The van der Waals surface area contributed by atoms with Crippen molar-refractivity contribution in [2.75, 3.05) is 13.1 Å². The fraction of sp³-hybridized carbons (Fsp3) is 0.519. The monoisotopic (exact) mass is 433 g/mol. The maximum atomic E-state index is 13.6. The number of nitrogens with one attached hydrogen (secondary N) is 1. The molecule has 4 atom stereocenters. The van der Waals surface area contributed by atoms with Crippen LogP contribution in [-0.2, 0) is 16.9 Å². The number of rotatable bonds is 7. The van der Waals surface area contributed by atoms with E-state index in [0.717, 1.165) is 51.7 Å². The third-order valence-electron chi connectivity index (χ3n) is 8.19. The van der Waals surface area contributed by atoms with Crippen LogP contribution in [0.25, 0.3) is 0 Å². The average molecular weight is 434 g/mol. The van der Waals surface area contributed by atoms with Crippen LogP contribution in [0.15, 0.2) is 60.7 Å². The van der Waals surface area contributed by atoms with E-state index in [-0.39, 0.29) is 17.2 Å². The number of benzene rings is 2. The second-order valence-corrected chi connectivity index (χ2v) is 10.2. The largest absolute Gasteiger partial charge is 0.375 e. The van der Waals surface area contributed by atoms with E-state index in [4.69, 9.17) is 5.73 Å². The molecule has 0 spiro atoms. The minimum Gasteiger partial charge on any atom is -0.375 e. The summed E-state index contributed by atoms with van der Waals surface area (Å²) in [6.07, 6.45) is 5.62. The molecule has 3 aliphatic rings. The molecule has 5 rings (SSSR count). The number of likely N-dealkylation sites (tertiary alicyclic amines) is 1. The molecule has 1 heterocycles. The highest BCUT2D eigenvalue weighted by Crippen LogP contribution is 2.59. The van der Waals surface area contributed by atoms with Crippen LogP contribution in [0.4, 0.5) is 0 Å². The molecule has 0 bridgehead atoms. The van der Waals surface area contributed by atoms with Gasteiger partial charge in [0.25, 0.3) is 5.91 Å². The molecule has 1 aliphatic heterocycles. The highest BCUT2D eigenvalue weighted by Gasteiger charge is 2.63. The summed E-state index contributed by atoms with van der Waals surface area (Å²) in [5, 5.41) is 14.9. The lowest BCUT2D eigenvalue weighted by molar-refractivity contribution is -0.150. The standard InChI is InChI=1S/C27H35N3O2/c28-24(26-16-23(26)18-30(19-26)17-20-10-4-1-5-11-20)29-25(31)27(32,21-12-6-2-7-13-21)22-14-8-3-9-15-22/h1-2,4-7,10-13,22-24,32H,3,8-9,14-19,28H2,(H,29,31). The van der Waals surface area contributed by atoms with E-state index in [0.29, 0.717) is 11.5 Å². The molecule has 3 fully saturated rings. The summed E-state index contributed by atoms with van der Waals surface area (Å²) in [4.78, 5) is 16.1. The highest BCUT2D eigenvalue weighted by molar-refractivity contribution is 5.87. The lowest BCUT2D eigenvalue weighted by Crippen LogP contribution is -2.58. The summed E-state index contributed by atoms with van der Waals surface area (Å²) in [6.45, 7) is 2.82. The number of carbonyl (C=O) groups is 1. The van der Waals surface area contributed by atoms with E-state index >= 15 is 0 Å². The smallest absolute Gasteiger partial charge is 0.258 e. The zero-order valence-corrected chi connectivity index (χ0v) is 18.7. The number of carbonyl (C=O) groups excluding carboxylic acids is 1. The van der Waals surface area contributed by atoms with Gasteiger partial charge in [-0.1, -0.05) is 79.9 Å². The Morgan fingerprint density at radius 3 is 2.44 bits per heavy atom. The van der Waals surface area contributed by atoms with E-state index in [9.17, 15) is 9.90 Å². The van der Waals surface area contributed by atoms with Gasteiger partial charge >= 0.3 is 0 Å². The molecule has 4 unspecified atom stereocenters. The average Bonchev–Trinajstić information content (AvgIpc) is 3.42. The molecule has 1 saturated heterocycles. The summed E-state index contributed by atoms with van der Waals surface area (Å²) < 4.78 is 0. The first kappa shape index (κ1) is 21.6. The maximum absolute atomic E-state index is 13.6. The summed E-state index contributed by atoms with van der Waals surface area (Å²) >= 11 is 0. The van der Waals surface area contributed by atoms with Crippen LogP contribution in [0.5, 0.6) is 0 Å². The van der Waals surface area contributed by atoms with Crippen molar-refractivity contribution >= 4 is 5.91 Å². The number of hydrogen-bond acceptors (Lipinski definition) is 4. The van der Waals surface area contributed by atoms with Crippen LogP contribution in [-0.4, -0.2) is 35.2 Å². The number of aliphatic hydroxyl groups is 1. The molecule has 5 nitrogen and oxygen atoms in total. The molecule has 0 radical (unpaired) electrons. The van der Waals surface area contributed by atoms with E-state index in [2.05, 4.69) is 34.5 Å². The fourth-order valence-corrected chi connectivity index (χ4v) is 6.23. The molecular weight excluding hydrogens is 398 g/mol. The van der Waals surface area contributed by atoms with Gasteiger partial charge in [0, 0.05) is 31.0 Å². The van der Waals surface area contributed by atoms with Gasteiger partial charge in [0.2, 0.25) is 0 Å². The Labute approximate surface area is 191 Å². The number of nitrogens with zero attached hydrogens (tertiary/aromatic N) is 1. The minimum atomic E-state index is -1.53.